The maximum atomic E-state index is 5.51. The van der Waals surface area contributed by atoms with Gasteiger partial charge in [-0.25, -0.2) is 14.5 Å². The van der Waals surface area contributed by atoms with Crippen LogP contribution in [0.4, 0.5) is 0 Å². The van der Waals surface area contributed by atoms with Gasteiger partial charge in [-0.3, -0.25) is 0 Å². The minimum atomic E-state index is 0.528. The quantitative estimate of drug-likeness (QED) is 0.448. The summed E-state index contributed by atoms with van der Waals surface area (Å²) in [5, 5.41) is 5.82. The number of nitrogens with zero attached hydrogens (tertiary/aromatic N) is 5. The Morgan fingerprint density at radius 1 is 1.00 bits per heavy atom. The SMILES string of the molecule is COc1ccccc1-c1nc2c3c(C)c(C)n(C4CCCCCC4)c3ncn2n1. The summed E-state index contributed by atoms with van der Waals surface area (Å²) >= 11 is 0. The van der Waals surface area contributed by atoms with Crippen molar-refractivity contribution in [2.75, 3.05) is 7.11 Å². The molecule has 4 aromatic rings. The van der Waals surface area contributed by atoms with Crippen molar-refractivity contribution in [3.8, 4) is 17.1 Å². The van der Waals surface area contributed by atoms with Gasteiger partial charge >= 0.3 is 0 Å². The highest BCUT2D eigenvalue weighted by Gasteiger charge is 2.24. The van der Waals surface area contributed by atoms with E-state index in [1.54, 1.807) is 18.0 Å². The summed E-state index contributed by atoms with van der Waals surface area (Å²) in [6.45, 7) is 4.40. The van der Waals surface area contributed by atoms with Gasteiger partial charge in [0.1, 0.15) is 17.7 Å². The highest BCUT2D eigenvalue weighted by atomic mass is 16.5. The number of rotatable bonds is 3. The van der Waals surface area contributed by atoms with Gasteiger partial charge in [-0.15, -0.1) is 5.10 Å². The van der Waals surface area contributed by atoms with Crippen molar-refractivity contribution in [1.29, 1.82) is 0 Å². The number of ether oxygens (including phenoxy) is 1. The number of methoxy groups -OCH3 is 1. The average molecular weight is 390 g/mol. The molecule has 0 bridgehead atoms. The van der Waals surface area contributed by atoms with Crippen LogP contribution in [0, 0.1) is 13.8 Å². The van der Waals surface area contributed by atoms with Gasteiger partial charge in [-0.1, -0.05) is 37.8 Å². The molecule has 1 aliphatic carbocycles. The van der Waals surface area contributed by atoms with Gasteiger partial charge < -0.3 is 9.30 Å². The number of para-hydroxylation sites is 1. The minimum Gasteiger partial charge on any atom is -0.496 e. The molecule has 1 saturated carbocycles. The highest BCUT2D eigenvalue weighted by Crippen LogP contribution is 2.36. The zero-order valence-electron chi connectivity index (χ0n) is 17.4. The largest absolute Gasteiger partial charge is 0.496 e. The Morgan fingerprint density at radius 3 is 2.52 bits per heavy atom. The lowest BCUT2D eigenvalue weighted by Gasteiger charge is -2.19. The van der Waals surface area contributed by atoms with Crippen LogP contribution in [-0.2, 0) is 0 Å². The maximum absolute atomic E-state index is 5.51. The van der Waals surface area contributed by atoms with Gasteiger partial charge in [0.25, 0.3) is 0 Å². The number of aryl methyl sites for hydroxylation is 1. The fourth-order valence-corrected chi connectivity index (χ4v) is 4.79. The summed E-state index contributed by atoms with van der Waals surface area (Å²) in [5.41, 5.74) is 5.35. The van der Waals surface area contributed by atoms with Crippen molar-refractivity contribution in [2.24, 2.45) is 0 Å². The molecule has 0 aliphatic heterocycles. The first-order chi connectivity index (χ1) is 14.2. The van der Waals surface area contributed by atoms with Gasteiger partial charge in [0.05, 0.1) is 18.1 Å². The molecule has 29 heavy (non-hydrogen) atoms. The number of hydrogen-bond donors (Lipinski definition) is 0. The Balaban J connectivity index is 1.71. The van der Waals surface area contributed by atoms with E-state index in [0.29, 0.717) is 11.9 Å². The standard InChI is InChI=1S/C23H27N5O/c1-15-16(2)28(17-10-6-4-5-7-11-17)22-20(15)23-25-21(26-27(23)14-24-22)18-12-8-9-13-19(18)29-3/h8-9,12-14,17H,4-7,10-11H2,1-3H3. The molecule has 5 rings (SSSR count). The van der Waals surface area contributed by atoms with Crippen LogP contribution >= 0.6 is 0 Å². The van der Waals surface area contributed by atoms with Gasteiger partial charge in [-0.2, -0.15) is 0 Å². The summed E-state index contributed by atoms with van der Waals surface area (Å²) in [6.07, 6.45) is 9.55. The molecule has 0 atom stereocenters. The molecular formula is C23H27N5O. The van der Waals surface area contributed by atoms with E-state index in [2.05, 4.69) is 18.4 Å². The molecule has 1 aromatic carbocycles. The van der Waals surface area contributed by atoms with Gasteiger partial charge in [0, 0.05) is 11.7 Å². The van der Waals surface area contributed by atoms with E-state index in [1.165, 1.54) is 49.8 Å². The molecular weight excluding hydrogens is 362 g/mol. The van der Waals surface area contributed by atoms with Crippen LogP contribution in [0.1, 0.15) is 55.8 Å². The molecule has 6 heteroatoms. The first kappa shape index (κ1) is 18.2. The summed E-state index contributed by atoms with van der Waals surface area (Å²) in [5.74, 6) is 1.44. The second kappa shape index (κ2) is 7.17. The summed E-state index contributed by atoms with van der Waals surface area (Å²) in [4.78, 5) is 9.76. The lowest BCUT2D eigenvalue weighted by molar-refractivity contribution is 0.416. The molecule has 1 fully saturated rings. The van der Waals surface area contributed by atoms with Gasteiger partial charge in [0.15, 0.2) is 11.5 Å². The Bertz CT molecular complexity index is 1180. The van der Waals surface area contributed by atoms with Crippen molar-refractivity contribution in [2.45, 2.75) is 58.4 Å². The van der Waals surface area contributed by atoms with E-state index >= 15 is 0 Å². The predicted octanol–water partition coefficient (Wildman–Crippen LogP) is 5.27. The zero-order chi connectivity index (χ0) is 20.0. The monoisotopic (exact) mass is 389 g/mol. The molecule has 0 N–H and O–H groups in total. The van der Waals surface area contributed by atoms with Crippen LogP contribution < -0.4 is 4.74 Å². The second-order valence-corrected chi connectivity index (χ2v) is 8.07. The van der Waals surface area contributed by atoms with Crippen molar-refractivity contribution in [1.82, 2.24) is 24.1 Å². The molecule has 0 spiro atoms. The Morgan fingerprint density at radius 2 is 1.76 bits per heavy atom. The Kier molecular flexibility index (Phi) is 4.49. The molecule has 3 heterocycles. The summed E-state index contributed by atoms with van der Waals surface area (Å²) < 4.78 is 9.78. The molecule has 1 aliphatic rings. The van der Waals surface area contributed by atoms with Crippen molar-refractivity contribution in [3.05, 3.63) is 41.9 Å². The van der Waals surface area contributed by atoms with Crippen LogP contribution in [0.2, 0.25) is 0 Å². The van der Waals surface area contributed by atoms with E-state index in [1.807, 2.05) is 24.3 Å². The number of aromatic nitrogens is 5. The van der Waals surface area contributed by atoms with Crippen LogP contribution in [0.25, 0.3) is 28.1 Å². The lowest BCUT2D eigenvalue weighted by Crippen LogP contribution is -2.10. The Labute approximate surface area is 170 Å². The third kappa shape index (κ3) is 2.89. The summed E-state index contributed by atoms with van der Waals surface area (Å²) in [7, 11) is 1.68. The number of fused-ring (bicyclic) bond motifs is 3. The molecule has 6 nitrogen and oxygen atoms in total. The molecule has 0 saturated heterocycles. The third-order valence-electron chi connectivity index (χ3n) is 6.41. The van der Waals surface area contributed by atoms with Gasteiger partial charge in [-0.05, 0) is 44.4 Å². The smallest absolute Gasteiger partial charge is 0.185 e. The first-order valence-corrected chi connectivity index (χ1v) is 10.5. The van der Waals surface area contributed by atoms with Crippen LogP contribution in [0.5, 0.6) is 5.75 Å². The van der Waals surface area contributed by atoms with Crippen molar-refractivity contribution in [3.63, 3.8) is 0 Å². The van der Waals surface area contributed by atoms with E-state index in [9.17, 15) is 0 Å². The topological polar surface area (TPSA) is 57.2 Å². The molecule has 0 unspecified atom stereocenters. The first-order valence-electron chi connectivity index (χ1n) is 10.5. The van der Waals surface area contributed by atoms with E-state index in [4.69, 9.17) is 19.8 Å². The van der Waals surface area contributed by atoms with Crippen LogP contribution in [-0.4, -0.2) is 31.3 Å². The third-order valence-corrected chi connectivity index (χ3v) is 6.41. The molecule has 150 valence electrons. The highest BCUT2D eigenvalue weighted by molar-refractivity contribution is 5.94. The minimum absolute atomic E-state index is 0.528. The van der Waals surface area contributed by atoms with Crippen molar-refractivity contribution < 1.29 is 4.74 Å². The van der Waals surface area contributed by atoms with Crippen molar-refractivity contribution >= 4 is 16.7 Å². The maximum Gasteiger partial charge on any atom is 0.185 e. The predicted molar refractivity (Wildman–Crippen MR) is 114 cm³/mol. The fraction of sp³-hybridized carbons (Fsp3) is 0.435. The second-order valence-electron chi connectivity index (χ2n) is 8.07. The molecule has 0 amide bonds. The lowest BCUT2D eigenvalue weighted by atomic mass is 10.1. The Hall–Kier alpha value is -2.89. The van der Waals surface area contributed by atoms with E-state index in [0.717, 1.165) is 28.0 Å². The zero-order valence-corrected chi connectivity index (χ0v) is 17.4. The fourth-order valence-electron chi connectivity index (χ4n) is 4.79. The van der Waals surface area contributed by atoms with E-state index < -0.39 is 0 Å². The number of benzene rings is 1. The van der Waals surface area contributed by atoms with Gasteiger partial charge in [0.2, 0.25) is 0 Å². The van der Waals surface area contributed by atoms with Crippen LogP contribution in [0.3, 0.4) is 0 Å². The van der Waals surface area contributed by atoms with Crippen LogP contribution in [0.15, 0.2) is 30.6 Å². The summed E-state index contributed by atoms with van der Waals surface area (Å²) in [6, 6.07) is 8.40. The van der Waals surface area contributed by atoms with E-state index in [-0.39, 0.29) is 0 Å². The molecule has 3 aromatic heterocycles. The normalized spacial score (nSPS) is 15.8. The molecule has 0 radical (unpaired) electrons. The number of hydrogen-bond acceptors (Lipinski definition) is 4. The average Bonchev–Trinajstić information content (AvgIpc) is 3.15.